The van der Waals surface area contributed by atoms with E-state index in [0.29, 0.717) is 33.1 Å². The van der Waals surface area contributed by atoms with Crippen LogP contribution in [-0.4, -0.2) is 59.2 Å². The van der Waals surface area contributed by atoms with E-state index >= 15 is 0 Å². The predicted octanol–water partition coefficient (Wildman–Crippen LogP) is 1.39. The van der Waals surface area contributed by atoms with E-state index in [4.69, 9.17) is 4.74 Å². The van der Waals surface area contributed by atoms with Crippen LogP contribution in [0.2, 0.25) is 0 Å². The molecule has 0 radical (unpaired) electrons. The van der Waals surface area contributed by atoms with Gasteiger partial charge in [-0.2, -0.15) is 0 Å². The predicted molar refractivity (Wildman–Crippen MR) is 103 cm³/mol. The minimum Gasteiger partial charge on any atom is -0.379 e. The van der Waals surface area contributed by atoms with E-state index in [1.54, 1.807) is 7.05 Å². The van der Waals surface area contributed by atoms with E-state index in [1.165, 1.54) is 22.2 Å². The number of aromatic nitrogens is 2. The smallest absolute Gasteiger partial charge is 0.262 e. The first-order valence-electron chi connectivity index (χ1n) is 8.95. The van der Waals surface area contributed by atoms with Crippen molar-refractivity contribution in [1.82, 2.24) is 19.8 Å². The minimum absolute atomic E-state index is 0.115. The van der Waals surface area contributed by atoms with Crippen LogP contribution in [0.25, 0.3) is 10.2 Å². The van der Waals surface area contributed by atoms with Crippen LogP contribution in [0.3, 0.4) is 0 Å². The highest BCUT2D eigenvalue weighted by Crippen LogP contribution is 2.26. The molecule has 1 saturated heterocycles. The number of amides is 1. The number of fused-ring (bicyclic) bond motifs is 1. The second-order valence-electron chi connectivity index (χ2n) is 7.07. The van der Waals surface area contributed by atoms with Crippen LogP contribution in [0.5, 0.6) is 0 Å². The number of hydrogen-bond donors (Lipinski definition) is 1. The van der Waals surface area contributed by atoms with Crippen molar-refractivity contribution in [3.05, 3.63) is 27.1 Å². The van der Waals surface area contributed by atoms with Gasteiger partial charge in [-0.15, -0.1) is 11.3 Å². The Morgan fingerprint density at radius 2 is 2.08 bits per heavy atom. The zero-order chi connectivity index (χ0) is 18.8. The highest BCUT2D eigenvalue weighted by Gasteiger charge is 2.25. The van der Waals surface area contributed by atoms with Crippen LogP contribution in [0.1, 0.15) is 29.1 Å². The van der Waals surface area contributed by atoms with Gasteiger partial charge in [-0.3, -0.25) is 14.5 Å². The van der Waals surface area contributed by atoms with E-state index in [1.807, 2.05) is 6.92 Å². The topological polar surface area (TPSA) is 76.5 Å². The molecule has 1 N–H and O–H groups in total. The summed E-state index contributed by atoms with van der Waals surface area (Å²) in [6, 6.07) is 0.267. The van der Waals surface area contributed by atoms with Crippen molar-refractivity contribution >= 4 is 27.5 Å². The van der Waals surface area contributed by atoms with E-state index in [2.05, 4.69) is 29.0 Å². The summed E-state index contributed by atoms with van der Waals surface area (Å²) in [5.41, 5.74) is 0.597. The Balaban J connectivity index is 1.77. The van der Waals surface area contributed by atoms with Gasteiger partial charge in [0.05, 0.1) is 29.8 Å². The van der Waals surface area contributed by atoms with Crippen molar-refractivity contribution in [2.24, 2.45) is 13.0 Å². The van der Waals surface area contributed by atoms with Crippen LogP contribution >= 0.6 is 11.3 Å². The second-order valence-corrected chi connectivity index (χ2v) is 8.07. The highest BCUT2D eigenvalue weighted by molar-refractivity contribution is 7.20. The van der Waals surface area contributed by atoms with Gasteiger partial charge in [0.2, 0.25) is 0 Å². The maximum Gasteiger partial charge on any atom is 0.262 e. The Bertz CT molecular complexity index is 852. The Morgan fingerprint density at radius 1 is 1.38 bits per heavy atom. The molecule has 0 saturated carbocycles. The first-order valence-corrected chi connectivity index (χ1v) is 9.76. The molecule has 26 heavy (non-hydrogen) atoms. The fraction of sp³-hybridized carbons (Fsp3) is 0.611. The largest absolute Gasteiger partial charge is 0.379 e. The molecule has 1 aliphatic heterocycles. The van der Waals surface area contributed by atoms with Crippen LogP contribution in [-0.2, 0) is 11.8 Å². The van der Waals surface area contributed by atoms with Crippen molar-refractivity contribution in [1.29, 1.82) is 0 Å². The van der Waals surface area contributed by atoms with Gasteiger partial charge >= 0.3 is 0 Å². The number of nitrogens with one attached hydrogen (secondary N) is 1. The van der Waals surface area contributed by atoms with Gasteiger partial charge in [0.15, 0.2) is 0 Å². The van der Waals surface area contributed by atoms with Crippen LogP contribution in [0.4, 0.5) is 0 Å². The molecule has 0 aliphatic carbocycles. The van der Waals surface area contributed by atoms with Crippen molar-refractivity contribution in [3.63, 3.8) is 0 Å². The third kappa shape index (κ3) is 3.67. The molecule has 1 unspecified atom stereocenters. The summed E-state index contributed by atoms with van der Waals surface area (Å²) in [5, 5.41) is 3.61. The Hall–Kier alpha value is -1.77. The standard InChI is InChI=1S/C18H26N4O3S/c1-11(2)13(22-5-7-25-8-6-22)9-19-16(23)15-12(3)14-17(26-15)20-10-21(4)18(14)24/h10-11,13H,5-9H2,1-4H3,(H,19,23). The molecule has 3 heterocycles. The molecule has 3 rings (SSSR count). The summed E-state index contributed by atoms with van der Waals surface area (Å²) in [7, 11) is 1.67. The summed E-state index contributed by atoms with van der Waals surface area (Å²) in [6.45, 7) is 9.99. The number of morpholine rings is 1. The molecule has 2 aromatic heterocycles. The lowest BCUT2D eigenvalue weighted by atomic mass is 10.0. The number of carbonyl (C=O) groups excluding carboxylic acids is 1. The molecular weight excluding hydrogens is 352 g/mol. The second kappa shape index (κ2) is 7.85. The molecule has 1 amide bonds. The summed E-state index contributed by atoms with van der Waals surface area (Å²) in [5.74, 6) is 0.289. The lowest BCUT2D eigenvalue weighted by molar-refractivity contribution is 0.00674. The minimum atomic E-state index is -0.133. The Morgan fingerprint density at radius 3 is 2.73 bits per heavy atom. The maximum atomic E-state index is 12.8. The van der Waals surface area contributed by atoms with Crippen molar-refractivity contribution in [2.75, 3.05) is 32.8 Å². The molecule has 142 valence electrons. The van der Waals surface area contributed by atoms with Gasteiger partial charge in [-0.25, -0.2) is 4.98 Å². The van der Waals surface area contributed by atoms with E-state index in [9.17, 15) is 9.59 Å². The van der Waals surface area contributed by atoms with Crippen LogP contribution in [0.15, 0.2) is 11.1 Å². The van der Waals surface area contributed by atoms with Gasteiger partial charge in [-0.05, 0) is 18.4 Å². The normalized spacial score (nSPS) is 17.0. The first kappa shape index (κ1) is 19.0. The van der Waals surface area contributed by atoms with Gasteiger partial charge in [0.25, 0.3) is 11.5 Å². The van der Waals surface area contributed by atoms with Gasteiger partial charge in [-0.1, -0.05) is 13.8 Å². The summed E-state index contributed by atoms with van der Waals surface area (Å²) in [4.78, 5) is 32.9. The molecule has 2 aromatic rings. The monoisotopic (exact) mass is 378 g/mol. The van der Waals surface area contributed by atoms with E-state index in [-0.39, 0.29) is 17.5 Å². The number of hydrogen-bond acceptors (Lipinski definition) is 6. The van der Waals surface area contributed by atoms with Crippen LogP contribution < -0.4 is 10.9 Å². The molecule has 0 spiro atoms. The molecule has 8 heteroatoms. The van der Waals surface area contributed by atoms with Crippen molar-refractivity contribution < 1.29 is 9.53 Å². The fourth-order valence-corrected chi connectivity index (χ4v) is 4.45. The molecule has 7 nitrogen and oxygen atoms in total. The average molecular weight is 378 g/mol. The molecule has 1 atom stereocenters. The van der Waals surface area contributed by atoms with Crippen LogP contribution in [0, 0.1) is 12.8 Å². The maximum absolute atomic E-state index is 12.8. The highest BCUT2D eigenvalue weighted by atomic mass is 32.1. The summed E-state index contributed by atoms with van der Waals surface area (Å²) in [6.07, 6.45) is 1.50. The Labute approximate surface area is 157 Å². The van der Waals surface area contributed by atoms with Gasteiger partial charge in [0.1, 0.15) is 4.83 Å². The summed E-state index contributed by atoms with van der Waals surface area (Å²) < 4.78 is 6.87. The Kier molecular flexibility index (Phi) is 5.74. The van der Waals surface area contributed by atoms with Gasteiger partial charge < -0.3 is 14.6 Å². The van der Waals surface area contributed by atoms with E-state index in [0.717, 1.165) is 26.3 Å². The third-order valence-electron chi connectivity index (χ3n) is 4.97. The molecular formula is C18H26N4O3S. The third-order valence-corrected chi connectivity index (χ3v) is 6.17. The fourth-order valence-electron chi connectivity index (χ4n) is 3.40. The molecule has 1 fully saturated rings. The van der Waals surface area contributed by atoms with Crippen molar-refractivity contribution in [3.8, 4) is 0 Å². The summed E-state index contributed by atoms with van der Waals surface area (Å²) >= 11 is 1.28. The number of carbonyl (C=O) groups is 1. The number of aryl methyl sites for hydroxylation is 2. The lowest BCUT2D eigenvalue weighted by Gasteiger charge is -2.36. The van der Waals surface area contributed by atoms with Crippen molar-refractivity contribution in [2.45, 2.75) is 26.8 Å². The average Bonchev–Trinajstić information content (AvgIpc) is 2.96. The number of nitrogens with zero attached hydrogens (tertiary/aromatic N) is 3. The number of rotatable bonds is 5. The first-order chi connectivity index (χ1) is 12.4. The zero-order valence-corrected chi connectivity index (χ0v) is 16.6. The molecule has 0 bridgehead atoms. The quantitative estimate of drug-likeness (QED) is 0.851. The lowest BCUT2D eigenvalue weighted by Crippen LogP contribution is -2.51. The molecule has 1 aliphatic rings. The number of thiophene rings is 1. The molecule has 0 aromatic carbocycles. The zero-order valence-electron chi connectivity index (χ0n) is 15.7. The van der Waals surface area contributed by atoms with E-state index < -0.39 is 0 Å². The SMILES string of the molecule is Cc1c(C(=O)NCC(C(C)C)N2CCOCC2)sc2ncn(C)c(=O)c12. The number of ether oxygens (including phenoxy) is 1. The van der Waals surface area contributed by atoms with Gasteiger partial charge in [0, 0.05) is 32.7 Å².